The summed E-state index contributed by atoms with van der Waals surface area (Å²) in [6, 6.07) is 0. The normalized spacial score (nSPS) is 22.7. The molecule has 1 aliphatic heterocycles. The lowest BCUT2D eigenvalue weighted by Gasteiger charge is -2.39. The van der Waals surface area contributed by atoms with E-state index in [-0.39, 0.29) is 0 Å². The number of rotatable bonds is 3. The van der Waals surface area contributed by atoms with Crippen LogP contribution in [0, 0.1) is 10.8 Å². The van der Waals surface area contributed by atoms with Crippen molar-refractivity contribution in [3.05, 3.63) is 0 Å². The van der Waals surface area contributed by atoms with Crippen molar-refractivity contribution in [3.8, 4) is 0 Å². The van der Waals surface area contributed by atoms with Gasteiger partial charge in [0.15, 0.2) is 0 Å². The van der Waals surface area contributed by atoms with E-state index in [2.05, 4.69) is 18.7 Å². The first-order valence-electron chi connectivity index (χ1n) is 5.69. The van der Waals surface area contributed by atoms with E-state index in [4.69, 9.17) is 5.11 Å². The van der Waals surface area contributed by atoms with Gasteiger partial charge in [-0.25, -0.2) is 0 Å². The molecule has 0 aromatic carbocycles. The highest BCUT2D eigenvalue weighted by molar-refractivity contribution is 5.73. The molecule has 3 nitrogen and oxygen atoms in total. The first-order valence-corrected chi connectivity index (χ1v) is 5.69. The Balaban J connectivity index is 2.46. The van der Waals surface area contributed by atoms with Crippen LogP contribution in [0.3, 0.4) is 0 Å². The molecule has 0 aromatic heterocycles. The molecule has 0 bridgehead atoms. The van der Waals surface area contributed by atoms with Crippen LogP contribution in [-0.2, 0) is 4.79 Å². The predicted octanol–water partition coefficient (Wildman–Crippen LogP) is 2.22. The Morgan fingerprint density at radius 1 is 1.33 bits per heavy atom. The Bertz CT molecular complexity index is 236. The first kappa shape index (κ1) is 12.5. The molecule has 0 amide bonds. The highest BCUT2D eigenvalue weighted by Crippen LogP contribution is 2.31. The van der Waals surface area contributed by atoms with E-state index < -0.39 is 11.4 Å². The van der Waals surface area contributed by atoms with E-state index in [1.54, 1.807) is 13.8 Å². The third kappa shape index (κ3) is 3.49. The van der Waals surface area contributed by atoms with E-state index in [1.165, 1.54) is 12.8 Å². The fourth-order valence-electron chi connectivity index (χ4n) is 1.94. The zero-order chi connectivity index (χ0) is 11.7. The molecule has 15 heavy (non-hydrogen) atoms. The SMILES string of the molecule is CC1(C)CCN(CC(C)(C)C(=O)O)CC1. The van der Waals surface area contributed by atoms with Crippen molar-refractivity contribution >= 4 is 5.97 Å². The summed E-state index contributed by atoms with van der Waals surface area (Å²) < 4.78 is 0. The zero-order valence-electron chi connectivity index (χ0n) is 10.3. The molecule has 1 heterocycles. The molecule has 0 saturated carbocycles. The summed E-state index contributed by atoms with van der Waals surface area (Å²) in [6.07, 6.45) is 2.34. The fourth-order valence-corrected chi connectivity index (χ4v) is 1.94. The van der Waals surface area contributed by atoms with E-state index >= 15 is 0 Å². The molecule has 1 saturated heterocycles. The van der Waals surface area contributed by atoms with Gasteiger partial charge in [-0.05, 0) is 45.2 Å². The topological polar surface area (TPSA) is 40.5 Å². The number of carboxylic acids is 1. The number of likely N-dealkylation sites (tertiary alicyclic amines) is 1. The van der Waals surface area contributed by atoms with Crippen LogP contribution in [-0.4, -0.2) is 35.6 Å². The molecule has 1 rings (SSSR count). The second-order valence-electron chi connectivity index (χ2n) is 6.13. The van der Waals surface area contributed by atoms with E-state index in [0.717, 1.165) is 13.1 Å². The largest absolute Gasteiger partial charge is 0.481 e. The molecular formula is C12H23NO2. The van der Waals surface area contributed by atoms with Gasteiger partial charge in [-0.15, -0.1) is 0 Å². The fraction of sp³-hybridized carbons (Fsp3) is 0.917. The van der Waals surface area contributed by atoms with E-state index in [1.807, 2.05) is 0 Å². The third-order valence-corrected chi connectivity index (χ3v) is 3.41. The number of hydrogen-bond donors (Lipinski definition) is 1. The molecule has 3 heteroatoms. The Morgan fingerprint density at radius 3 is 2.20 bits per heavy atom. The van der Waals surface area contributed by atoms with Crippen molar-refractivity contribution in [1.29, 1.82) is 0 Å². The van der Waals surface area contributed by atoms with Crippen LogP contribution < -0.4 is 0 Å². The van der Waals surface area contributed by atoms with Gasteiger partial charge < -0.3 is 10.0 Å². The number of aliphatic carboxylic acids is 1. The summed E-state index contributed by atoms with van der Waals surface area (Å²) in [7, 11) is 0. The number of piperidine rings is 1. The van der Waals surface area contributed by atoms with Crippen molar-refractivity contribution < 1.29 is 9.90 Å². The molecule has 0 radical (unpaired) electrons. The summed E-state index contributed by atoms with van der Waals surface area (Å²) in [5.74, 6) is -0.702. The summed E-state index contributed by atoms with van der Waals surface area (Å²) >= 11 is 0. The standard InChI is InChI=1S/C12H23NO2/c1-11(2)5-7-13(8-6-11)9-12(3,4)10(14)15/h5-9H2,1-4H3,(H,14,15). The van der Waals surface area contributed by atoms with Gasteiger partial charge in [-0.2, -0.15) is 0 Å². The number of carboxylic acid groups (broad SMARTS) is 1. The predicted molar refractivity (Wildman–Crippen MR) is 60.9 cm³/mol. The molecule has 0 unspecified atom stereocenters. The van der Waals surface area contributed by atoms with E-state index in [9.17, 15) is 4.79 Å². The minimum Gasteiger partial charge on any atom is -0.481 e. The van der Waals surface area contributed by atoms with Gasteiger partial charge >= 0.3 is 5.97 Å². The smallest absolute Gasteiger partial charge is 0.310 e. The summed E-state index contributed by atoms with van der Waals surface area (Å²) in [4.78, 5) is 13.3. The lowest BCUT2D eigenvalue weighted by molar-refractivity contribution is -0.148. The average molecular weight is 213 g/mol. The molecule has 1 aliphatic rings. The second kappa shape index (κ2) is 4.12. The quantitative estimate of drug-likeness (QED) is 0.781. The van der Waals surface area contributed by atoms with E-state index in [0.29, 0.717) is 12.0 Å². The number of hydrogen-bond acceptors (Lipinski definition) is 2. The van der Waals surface area contributed by atoms with Gasteiger partial charge in [0.2, 0.25) is 0 Å². The molecule has 0 aliphatic carbocycles. The maximum absolute atomic E-state index is 11.0. The molecule has 0 spiro atoms. The Labute approximate surface area is 92.5 Å². The summed E-state index contributed by atoms with van der Waals surface area (Å²) in [5, 5.41) is 9.05. The van der Waals surface area contributed by atoms with Gasteiger partial charge in [0.25, 0.3) is 0 Å². The lowest BCUT2D eigenvalue weighted by Crippen LogP contribution is -2.44. The maximum Gasteiger partial charge on any atom is 0.310 e. The Morgan fingerprint density at radius 2 is 1.80 bits per heavy atom. The summed E-state index contributed by atoms with van der Waals surface area (Å²) in [5.41, 5.74) is -0.189. The minimum absolute atomic E-state index is 0.434. The molecule has 0 atom stereocenters. The minimum atomic E-state index is -0.702. The Kier molecular flexibility index (Phi) is 3.44. The first-order chi connectivity index (χ1) is 6.73. The highest BCUT2D eigenvalue weighted by atomic mass is 16.4. The highest BCUT2D eigenvalue weighted by Gasteiger charge is 2.33. The van der Waals surface area contributed by atoms with Gasteiger partial charge in [-0.3, -0.25) is 4.79 Å². The van der Waals surface area contributed by atoms with Crippen LogP contribution in [0.4, 0.5) is 0 Å². The van der Waals surface area contributed by atoms with Gasteiger partial charge in [0, 0.05) is 6.54 Å². The maximum atomic E-state index is 11.0. The molecule has 0 aromatic rings. The second-order valence-corrected chi connectivity index (χ2v) is 6.13. The van der Waals surface area contributed by atoms with Crippen LogP contribution in [0.5, 0.6) is 0 Å². The Hall–Kier alpha value is -0.570. The molecule has 1 N–H and O–H groups in total. The third-order valence-electron chi connectivity index (χ3n) is 3.41. The van der Waals surface area contributed by atoms with Crippen molar-refractivity contribution in [1.82, 2.24) is 4.90 Å². The van der Waals surface area contributed by atoms with Crippen LogP contribution in [0.2, 0.25) is 0 Å². The average Bonchev–Trinajstić information content (AvgIpc) is 2.08. The van der Waals surface area contributed by atoms with Crippen LogP contribution >= 0.6 is 0 Å². The number of carbonyl (C=O) groups is 1. The van der Waals surface area contributed by atoms with Gasteiger partial charge in [-0.1, -0.05) is 13.8 Å². The van der Waals surface area contributed by atoms with Crippen molar-refractivity contribution in [3.63, 3.8) is 0 Å². The van der Waals surface area contributed by atoms with Crippen LogP contribution in [0.25, 0.3) is 0 Å². The monoisotopic (exact) mass is 213 g/mol. The van der Waals surface area contributed by atoms with Crippen LogP contribution in [0.15, 0.2) is 0 Å². The van der Waals surface area contributed by atoms with Crippen molar-refractivity contribution in [2.45, 2.75) is 40.5 Å². The molecule has 1 fully saturated rings. The molecule has 88 valence electrons. The summed E-state index contributed by atoms with van der Waals surface area (Å²) in [6.45, 7) is 10.9. The van der Waals surface area contributed by atoms with Crippen LogP contribution in [0.1, 0.15) is 40.5 Å². The van der Waals surface area contributed by atoms with Gasteiger partial charge in [0.05, 0.1) is 5.41 Å². The van der Waals surface area contributed by atoms with Gasteiger partial charge in [0.1, 0.15) is 0 Å². The van der Waals surface area contributed by atoms with Crippen molar-refractivity contribution in [2.24, 2.45) is 10.8 Å². The lowest BCUT2D eigenvalue weighted by atomic mass is 9.81. The number of nitrogens with zero attached hydrogens (tertiary/aromatic N) is 1. The zero-order valence-corrected chi connectivity index (χ0v) is 10.3. The molecular weight excluding hydrogens is 190 g/mol. The van der Waals surface area contributed by atoms with Crippen molar-refractivity contribution in [2.75, 3.05) is 19.6 Å².